The first-order valence-corrected chi connectivity index (χ1v) is 13.1. The Balaban J connectivity index is 1.24. The lowest BCUT2D eigenvalue weighted by atomic mass is 9.97. The van der Waals surface area contributed by atoms with E-state index in [1.165, 1.54) is 16.4 Å². The van der Waals surface area contributed by atoms with Gasteiger partial charge in [-0.1, -0.05) is 6.07 Å². The molecule has 1 fully saturated rings. The minimum Gasteiger partial charge on any atom is -0.355 e. The summed E-state index contributed by atoms with van der Waals surface area (Å²) in [6.07, 6.45) is 1.59. The maximum absolute atomic E-state index is 13.1. The number of hydrogen-bond acceptors (Lipinski definition) is 6. The van der Waals surface area contributed by atoms with Crippen LogP contribution in [0.3, 0.4) is 0 Å². The number of thiazole rings is 1. The molecule has 6 nitrogen and oxygen atoms in total. The van der Waals surface area contributed by atoms with Gasteiger partial charge < -0.3 is 5.32 Å². The van der Waals surface area contributed by atoms with Gasteiger partial charge in [-0.05, 0) is 48.6 Å². The van der Waals surface area contributed by atoms with Crippen LogP contribution in [0.1, 0.15) is 18.5 Å². The van der Waals surface area contributed by atoms with E-state index in [-0.39, 0.29) is 29.8 Å². The molecule has 4 rings (SSSR count). The maximum atomic E-state index is 13.1. The van der Waals surface area contributed by atoms with Gasteiger partial charge >= 0.3 is 0 Å². The summed E-state index contributed by atoms with van der Waals surface area (Å²) < 4.78 is 39.8. The van der Waals surface area contributed by atoms with E-state index in [2.05, 4.69) is 10.3 Å². The van der Waals surface area contributed by atoms with Crippen molar-refractivity contribution >= 4 is 38.6 Å². The predicted octanol–water partition coefficient (Wildman–Crippen LogP) is 3.77. The minimum absolute atomic E-state index is 0.0486. The molecule has 164 valence electrons. The molecule has 3 heterocycles. The zero-order valence-corrected chi connectivity index (χ0v) is 19.1. The van der Waals surface area contributed by atoms with Crippen molar-refractivity contribution in [2.75, 3.05) is 19.6 Å². The molecule has 0 spiro atoms. The highest BCUT2D eigenvalue weighted by Crippen LogP contribution is 2.28. The van der Waals surface area contributed by atoms with Crippen molar-refractivity contribution in [2.45, 2.75) is 24.2 Å². The number of amides is 1. The van der Waals surface area contributed by atoms with E-state index >= 15 is 0 Å². The van der Waals surface area contributed by atoms with E-state index in [4.69, 9.17) is 0 Å². The standard InChI is InChI=1S/C21H22FN3O3S3/c22-16-3-5-18(6-4-16)31(27,28)25-11-8-15(9-12-25)20(26)23-10-7-17-14-30-21(24-17)19-2-1-13-29-19/h1-6,13-15H,7-12H2,(H,23,26). The molecule has 0 unspecified atom stereocenters. The van der Waals surface area contributed by atoms with Gasteiger partial charge in [0.15, 0.2) is 0 Å². The predicted molar refractivity (Wildman–Crippen MR) is 120 cm³/mol. The number of benzene rings is 1. The van der Waals surface area contributed by atoms with Crippen LogP contribution in [0, 0.1) is 11.7 Å². The van der Waals surface area contributed by atoms with Crippen molar-refractivity contribution in [3.8, 4) is 9.88 Å². The summed E-state index contributed by atoms with van der Waals surface area (Å²) in [5.74, 6) is -0.737. The average Bonchev–Trinajstić information content (AvgIpc) is 3.46. The van der Waals surface area contributed by atoms with E-state index < -0.39 is 15.8 Å². The van der Waals surface area contributed by atoms with Crippen molar-refractivity contribution < 1.29 is 17.6 Å². The Kier molecular flexibility index (Phi) is 6.80. The Morgan fingerprint density at radius 2 is 1.90 bits per heavy atom. The molecule has 31 heavy (non-hydrogen) atoms. The highest BCUT2D eigenvalue weighted by molar-refractivity contribution is 7.89. The molecule has 3 aromatic rings. The molecule has 1 N–H and O–H groups in total. The normalized spacial score (nSPS) is 15.8. The topological polar surface area (TPSA) is 79.4 Å². The first-order valence-electron chi connectivity index (χ1n) is 9.95. The summed E-state index contributed by atoms with van der Waals surface area (Å²) in [5.41, 5.74) is 0.953. The molecule has 1 saturated heterocycles. The summed E-state index contributed by atoms with van der Waals surface area (Å²) in [5, 5.41) is 7.98. The molecule has 0 saturated carbocycles. The molecule has 0 aliphatic carbocycles. The number of nitrogens with zero attached hydrogens (tertiary/aromatic N) is 2. The Labute approximate surface area is 188 Å². The molecule has 0 atom stereocenters. The second-order valence-corrected chi connectivity index (χ2v) is 11.0. The van der Waals surface area contributed by atoms with Crippen LogP contribution in [0.4, 0.5) is 4.39 Å². The van der Waals surface area contributed by atoms with Gasteiger partial charge in [0, 0.05) is 37.4 Å². The lowest BCUT2D eigenvalue weighted by molar-refractivity contribution is -0.126. The summed E-state index contributed by atoms with van der Waals surface area (Å²) >= 11 is 3.25. The summed E-state index contributed by atoms with van der Waals surface area (Å²) in [4.78, 5) is 18.3. The zero-order valence-electron chi connectivity index (χ0n) is 16.7. The third-order valence-corrected chi connectivity index (χ3v) is 9.08. The Morgan fingerprint density at radius 3 is 2.58 bits per heavy atom. The van der Waals surface area contributed by atoms with E-state index in [0.717, 1.165) is 27.7 Å². The molecule has 0 radical (unpaired) electrons. The average molecular weight is 480 g/mol. The minimum atomic E-state index is -3.67. The van der Waals surface area contributed by atoms with Crippen LogP contribution in [-0.4, -0.2) is 43.2 Å². The van der Waals surface area contributed by atoms with Gasteiger partial charge in [-0.3, -0.25) is 4.79 Å². The van der Waals surface area contributed by atoms with Gasteiger partial charge in [0.05, 0.1) is 15.5 Å². The molecule has 0 bridgehead atoms. The Morgan fingerprint density at radius 1 is 1.16 bits per heavy atom. The molecule has 1 aliphatic rings. The number of aromatic nitrogens is 1. The number of piperidine rings is 1. The van der Waals surface area contributed by atoms with E-state index in [1.807, 2.05) is 22.9 Å². The second kappa shape index (κ2) is 9.56. The van der Waals surface area contributed by atoms with E-state index in [0.29, 0.717) is 25.8 Å². The lowest BCUT2D eigenvalue weighted by Crippen LogP contribution is -2.43. The van der Waals surface area contributed by atoms with Gasteiger partial charge in [-0.2, -0.15) is 4.31 Å². The number of halogens is 1. The Hall–Kier alpha value is -2.14. The van der Waals surface area contributed by atoms with Crippen LogP contribution in [0.15, 0.2) is 52.1 Å². The second-order valence-electron chi connectivity index (χ2n) is 7.29. The van der Waals surface area contributed by atoms with Gasteiger partial charge in [0.2, 0.25) is 15.9 Å². The Bertz CT molecular complexity index is 1120. The SMILES string of the molecule is O=C(NCCc1csc(-c2cccs2)n1)C1CCN(S(=O)(=O)c2ccc(F)cc2)CC1. The fourth-order valence-corrected chi connectivity index (χ4v) is 6.65. The highest BCUT2D eigenvalue weighted by atomic mass is 32.2. The number of nitrogens with one attached hydrogen (secondary N) is 1. The maximum Gasteiger partial charge on any atom is 0.243 e. The molecule has 1 amide bonds. The van der Waals surface area contributed by atoms with Gasteiger partial charge in [-0.15, -0.1) is 22.7 Å². The van der Waals surface area contributed by atoms with Gasteiger partial charge in [0.1, 0.15) is 10.8 Å². The number of rotatable bonds is 7. The molecule has 10 heteroatoms. The molecular weight excluding hydrogens is 457 g/mol. The molecule has 2 aromatic heterocycles. The first kappa shape index (κ1) is 22.1. The van der Waals surface area contributed by atoms with Crippen LogP contribution >= 0.6 is 22.7 Å². The highest BCUT2D eigenvalue weighted by Gasteiger charge is 2.32. The largest absolute Gasteiger partial charge is 0.355 e. The van der Waals surface area contributed by atoms with Crippen LogP contribution < -0.4 is 5.32 Å². The van der Waals surface area contributed by atoms with Crippen molar-refractivity contribution in [2.24, 2.45) is 5.92 Å². The fourth-order valence-electron chi connectivity index (χ4n) is 3.51. The summed E-state index contributed by atoms with van der Waals surface area (Å²) in [6, 6.07) is 8.85. The third kappa shape index (κ3) is 5.20. The summed E-state index contributed by atoms with van der Waals surface area (Å²) in [7, 11) is -3.67. The van der Waals surface area contributed by atoms with Crippen LogP contribution in [0.2, 0.25) is 0 Å². The van der Waals surface area contributed by atoms with Crippen LogP contribution in [0.25, 0.3) is 9.88 Å². The number of hydrogen-bond donors (Lipinski definition) is 1. The zero-order chi connectivity index (χ0) is 21.8. The third-order valence-electron chi connectivity index (χ3n) is 5.24. The number of sulfonamides is 1. The van der Waals surface area contributed by atoms with Gasteiger partial charge in [0.25, 0.3) is 0 Å². The van der Waals surface area contributed by atoms with Crippen molar-refractivity contribution in [1.82, 2.24) is 14.6 Å². The number of thiophene rings is 1. The van der Waals surface area contributed by atoms with Crippen LogP contribution in [0.5, 0.6) is 0 Å². The van der Waals surface area contributed by atoms with Crippen molar-refractivity contribution in [3.63, 3.8) is 0 Å². The smallest absolute Gasteiger partial charge is 0.243 e. The quantitative estimate of drug-likeness (QED) is 0.560. The van der Waals surface area contributed by atoms with Crippen molar-refractivity contribution in [1.29, 1.82) is 0 Å². The van der Waals surface area contributed by atoms with Gasteiger partial charge in [-0.25, -0.2) is 17.8 Å². The molecule has 1 aromatic carbocycles. The first-order chi connectivity index (χ1) is 14.9. The number of carbonyl (C=O) groups excluding carboxylic acids is 1. The van der Waals surface area contributed by atoms with E-state index in [9.17, 15) is 17.6 Å². The monoisotopic (exact) mass is 479 g/mol. The van der Waals surface area contributed by atoms with Crippen LogP contribution in [-0.2, 0) is 21.2 Å². The fraction of sp³-hybridized carbons (Fsp3) is 0.333. The molecular formula is C21H22FN3O3S3. The number of carbonyl (C=O) groups is 1. The summed E-state index contributed by atoms with van der Waals surface area (Å²) in [6.45, 7) is 1.04. The van der Waals surface area contributed by atoms with E-state index in [1.54, 1.807) is 22.7 Å². The van der Waals surface area contributed by atoms with Crippen molar-refractivity contribution in [3.05, 3.63) is 58.7 Å². The molecule has 1 aliphatic heterocycles. The lowest BCUT2D eigenvalue weighted by Gasteiger charge is -2.30.